The van der Waals surface area contributed by atoms with Gasteiger partial charge in [0.1, 0.15) is 11.4 Å². The number of fused-ring (bicyclic) bond motifs is 2. The van der Waals surface area contributed by atoms with Gasteiger partial charge in [0.15, 0.2) is 0 Å². The third-order valence-electron chi connectivity index (χ3n) is 4.62. The van der Waals surface area contributed by atoms with E-state index >= 15 is 0 Å². The van der Waals surface area contributed by atoms with Crippen LogP contribution in [0.3, 0.4) is 0 Å². The van der Waals surface area contributed by atoms with E-state index < -0.39 is 11.8 Å². The second-order valence-electron chi connectivity index (χ2n) is 7.41. The average Bonchev–Trinajstić information content (AvgIpc) is 2.65. The number of carbonyl (C=O) groups excluding carboxylic acids is 1. The van der Waals surface area contributed by atoms with E-state index in [2.05, 4.69) is 19.1 Å². The van der Waals surface area contributed by atoms with Crippen molar-refractivity contribution in [3.8, 4) is 5.75 Å². The minimum Gasteiger partial charge on any atom is -0.392 e. The van der Waals surface area contributed by atoms with Crippen molar-refractivity contribution in [1.29, 1.82) is 0 Å². The van der Waals surface area contributed by atoms with Gasteiger partial charge in [-0.05, 0) is 54.6 Å². The van der Waals surface area contributed by atoms with E-state index in [0.29, 0.717) is 5.75 Å². The first-order chi connectivity index (χ1) is 13.0. The smallest absolute Gasteiger partial charge is 0.392 e. The summed E-state index contributed by atoms with van der Waals surface area (Å²) in [5, 5.41) is 4.08. The van der Waals surface area contributed by atoms with Crippen LogP contribution in [0.5, 0.6) is 5.75 Å². The molecule has 3 aromatic rings. The maximum atomic E-state index is 12.1. The molecule has 0 aliphatic carbocycles. The van der Waals surface area contributed by atoms with Crippen LogP contribution in [0.2, 0.25) is 0 Å². The van der Waals surface area contributed by atoms with Crippen LogP contribution < -0.4 is 4.74 Å². The predicted molar refractivity (Wildman–Crippen MR) is 108 cm³/mol. The van der Waals surface area contributed by atoms with Gasteiger partial charge in [0.25, 0.3) is 0 Å². The molecule has 0 unspecified atom stereocenters. The fourth-order valence-electron chi connectivity index (χ4n) is 3.12. The molecule has 0 aliphatic heterocycles. The maximum absolute atomic E-state index is 12.1. The van der Waals surface area contributed by atoms with Gasteiger partial charge in [0, 0.05) is 5.39 Å². The molecule has 4 heteroatoms. The number of carbonyl (C=O) groups is 1. The molecule has 3 rings (SSSR count). The van der Waals surface area contributed by atoms with Crippen LogP contribution in [-0.4, -0.2) is 11.8 Å². The molecule has 3 aromatic carbocycles. The van der Waals surface area contributed by atoms with Crippen molar-refractivity contribution < 1.29 is 19.3 Å². The molecule has 0 radical (unpaired) electrons. The molecule has 0 bridgehead atoms. The zero-order chi connectivity index (χ0) is 19.3. The molecule has 0 aromatic heterocycles. The summed E-state index contributed by atoms with van der Waals surface area (Å²) in [7, 11) is 0. The zero-order valence-electron chi connectivity index (χ0n) is 16.2. The van der Waals surface area contributed by atoms with Gasteiger partial charge in [-0.25, -0.2) is 4.79 Å². The first-order valence-electron chi connectivity index (χ1n) is 9.47. The summed E-state index contributed by atoms with van der Waals surface area (Å²) in [6, 6.07) is 17.8. The molecule has 0 spiro atoms. The van der Waals surface area contributed by atoms with Crippen LogP contribution in [0.15, 0.2) is 54.6 Å². The molecule has 0 N–H and O–H groups in total. The summed E-state index contributed by atoms with van der Waals surface area (Å²) in [5.74, 6) is 0.454. The van der Waals surface area contributed by atoms with Crippen molar-refractivity contribution in [2.24, 2.45) is 0 Å². The summed E-state index contributed by atoms with van der Waals surface area (Å²) in [4.78, 5) is 22.4. The highest BCUT2D eigenvalue weighted by Crippen LogP contribution is 2.30. The third kappa shape index (κ3) is 4.98. The van der Waals surface area contributed by atoms with Gasteiger partial charge in [-0.1, -0.05) is 62.6 Å². The molecule has 4 nitrogen and oxygen atoms in total. The molecule has 0 atom stereocenters. The van der Waals surface area contributed by atoms with Crippen molar-refractivity contribution in [1.82, 2.24) is 0 Å². The Bertz CT molecular complexity index is 930. The van der Waals surface area contributed by atoms with E-state index in [1.54, 1.807) is 6.07 Å². The minimum absolute atomic E-state index is 0.454. The number of ether oxygens (including phenoxy) is 1. The first kappa shape index (κ1) is 19.2. The van der Waals surface area contributed by atoms with E-state index in [1.165, 1.54) is 0 Å². The number of benzene rings is 3. The lowest BCUT2D eigenvalue weighted by Gasteiger charge is -2.22. The largest absolute Gasteiger partial charge is 0.546 e. The van der Waals surface area contributed by atoms with Crippen LogP contribution in [0.25, 0.3) is 21.5 Å². The summed E-state index contributed by atoms with van der Waals surface area (Å²) in [5.41, 5.74) is -0.539. The lowest BCUT2D eigenvalue weighted by Crippen LogP contribution is -2.27. The Balaban J connectivity index is 1.70. The number of hydrogen-bond acceptors (Lipinski definition) is 4. The van der Waals surface area contributed by atoms with E-state index in [0.717, 1.165) is 47.2 Å². The quantitative estimate of drug-likeness (QED) is 0.115. The SMILES string of the molecule is CCCCCC(C)(C)OOC(=O)Oc1cccc2cc3ccccc3cc12. The zero-order valence-corrected chi connectivity index (χ0v) is 16.2. The molecular formula is C23H26O4. The Hall–Kier alpha value is -2.59. The lowest BCUT2D eigenvalue weighted by molar-refractivity contribution is -0.314. The average molecular weight is 366 g/mol. The fraction of sp³-hybridized carbons (Fsp3) is 0.348. The Labute approximate surface area is 160 Å². The van der Waals surface area contributed by atoms with Crippen LogP contribution in [0.4, 0.5) is 4.79 Å². The second-order valence-corrected chi connectivity index (χ2v) is 7.41. The minimum atomic E-state index is -0.862. The molecule has 0 heterocycles. The van der Waals surface area contributed by atoms with Gasteiger partial charge in [-0.2, -0.15) is 4.89 Å². The topological polar surface area (TPSA) is 44.8 Å². The van der Waals surface area contributed by atoms with Gasteiger partial charge in [-0.15, -0.1) is 0 Å². The van der Waals surface area contributed by atoms with Crippen molar-refractivity contribution in [2.45, 2.75) is 52.1 Å². The number of hydrogen-bond donors (Lipinski definition) is 0. The van der Waals surface area contributed by atoms with E-state index in [9.17, 15) is 4.79 Å². The van der Waals surface area contributed by atoms with Crippen LogP contribution in [0, 0.1) is 0 Å². The lowest BCUT2D eigenvalue weighted by atomic mass is 10.0. The van der Waals surface area contributed by atoms with Gasteiger partial charge >= 0.3 is 6.16 Å². The first-order valence-corrected chi connectivity index (χ1v) is 9.47. The predicted octanol–water partition coefficient (Wildman–Crippen LogP) is 6.80. The molecule has 0 aliphatic rings. The standard InChI is InChI=1S/C23H26O4/c1-4-5-8-14-23(2,3)27-26-22(24)25-21-13-9-12-19-15-17-10-6-7-11-18(17)16-20(19)21/h6-7,9-13,15-16H,4-5,8,14H2,1-3H3. The molecule has 0 saturated heterocycles. The van der Waals surface area contributed by atoms with Crippen molar-refractivity contribution >= 4 is 27.7 Å². The number of rotatable bonds is 7. The molecule has 142 valence electrons. The van der Waals surface area contributed by atoms with E-state index in [1.807, 2.05) is 50.2 Å². The summed E-state index contributed by atoms with van der Waals surface area (Å²) < 4.78 is 5.41. The van der Waals surface area contributed by atoms with Gasteiger partial charge in [0.2, 0.25) is 0 Å². The van der Waals surface area contributed by atoms with Crippen molar-refractivity contribution in [3.63, 3.8) is 0 Å². The van der Waals surface area contributed by atoms with E-state index in [4.69, 9.17) is 14.5 Å². The van der Waals surface area contributed by atoms with Gasteiger partial charge in [0.05, 0.1) is 0 Å². The van der Waals surface area contributed by atoms with Gasteiger partial charge < -0.3 is 4.74 Å². The second kappa shape index (κ2) is 8.40. The molecular weight excluding hydrogens is 340 g/mol. The Morgan fingerprint density at radius 3 is 2.37 bits per heavy atom. The normalized spacial score (nSPS) is 11.7. The summed E-state index contributed by atoms with van der Waals surface area (Å²) in [6.45, 7) is 5.95. The monoisotopic (exact) mass is 366 g/mol. The summed E-state index contributed by atoms with van der Waals surface area (Å²) in [6.07, 6.45) is 3.24. The molecule has 0 amide bonds. The molecule has 27 heavy (non-hydrogen) atoms. The van der Waals surface area contributed by atoms with Crippen molar-refractivity contribution in [2.75, 3.05) is 0 Å². The highest BCUT2D eigenvalue weighted by molar-refractivity contribution is 6.01. The molecule has 0 saturated carbocycles. The van der Waals surface area contributed by atoms with Gasteiger partial charge in [-0.3, -0.25) is 4.89 Å². The Kier molecular flexibility index (Phi) is 5.97. The highest BCUT2D eigenvalue weighted by Gasteiger charge is 2.22. The van der Waals surface area contributed by atoms with E-state index in [-0.39, 0.29) is 0 Å². The Morgan fingerprint density at radius 1 is 0.926 bits per heavy atom. The highest BCUT2D eigenvalue weighted by atomic mass is 17.2. The van der Waals surface area contributed by atoms with Crippen LogP contribution in [-0.2, 0) is 9.78 Å². The van der Waals surface area contributed by atoms with Crippen LogP contribution >= 0.6 is 0 Å². The van der Waals surface area contributed by atoms with Crippen LogP contribution in [0.1, 0.15) is 46.5 Å². The van der Waals surface area contributed by atoms with Crippen molar-refractivity contribution in [3.05, 3.63) is 54.6 Å². The summed E-state index contributed by atoms with van der Waals surface area (Å²) >= 11 is 0. The maximum Gasteiger partial charge on any atom is 0.546 e. The number of unbranched alkanes of at least 4 members (excludes halogenated alkanes) is 2. The third-order valence-corrected chi connectivity index (χ3v) is 4.62. The fourth-order valence-corrected chi connectivity index (χ4v) is 3.12. The molecule has 0 fully saturated rings. The Morgan fingerprint density at radius 2 is 1.63 bits per heavy atom.